The Morgan fingerprint density at radius 1 is 0.839 bits per heavy atom. The van der Waals surface area contributed by atoms with Gasteiger partial charge in [-0.1, -0.05) is 41.4 Å². The third-order valence-electron chi connectivity index (χ3n) is 5.06. The van der Waals surface area contributed by atoms with Crippen molar-refractivity contribution in [2.24, 2.45) is 0 Å². The molecule has 6 heteroatoms. The maximum atomic E-state index is 11.8. The molecule has 0 bridgehead atoms. The molecule has 4 rings (SSSR count). The highest BCUT2D eigenvalue weighted by molar-refractivity contribution is 6.42. The van der Waals surface area contributed by atoms with E-state index in [1.54, 1.807) is 12.1 Å². The molecule has 1 heterocycles. The predicted molar refractivity (Wildman–Crippen MR) is 126 cm³/mol. The highest BCUT2D eigenvalue weighted by Crippen LogP contribution is 2.26. The zero-order valence-electron chi connectivity index (χ0n) is 16.6. The molecule has 31 heavy (non-hydrogen) atoms. The Labute approximate surface area is 190 Å². The van der Waals surface area contributed by atoms with Crippen LogP contribution in [0.4, 0.5) is 11.4 Å². The maximum Gasteiger partial charge on any atom is 0.337 e. The summed E-state index contributed by atoms with van der Waals surface area (Å²) < 4.78 is 1.87. The molecule has 4 aromatic rings. The average Bonchev–Trinajstić information content (AvgIpc) is 3.31. The molecule has 0 aliphatic carbocycles. The first-order valence-corrected chi connectivity index (χ1v) is 10.6. The van der Waals surface area contributed by atoms with Crippen molar-refractivity contribution in [3.63, 3.8) is 0 Å². The summed E-state index contributed by atoms with van der Waals surface area (Å²) in [4.78, 5) is 11.8. The van der Waals surface area contributed by atoms with Crippen LogP contribution in [0.1, 0.15) is 21.5 Å². The molecule has 156 valence electrons. The number of halogens is 2. The summed E-state index contributed by atoms with van der Waals surface area (Å²) in [6, 6.07) is 22.8. The van der Waals surface area contributed by atoms with Crippen molar-refractivity contribution in [2.75, 3.05) is 5.32 Å². The number of hydrogen-bond acceptors (Lipinski definition) is 2. The molecule has 4 nitrogen and oxygen atoms in total. The number of carboxylic acid groups (broad SMARTS) is 1. The van der Waals surface area contributed by atoms with Gasteiger partial charge in [-0.15, -0.1) is 0 Å². The fourth-order valence-electron chi connectivity index (χ4n) is 3.38. The molecule has 0 aliphatic rings. The van der Waals surface area contributed by atoms with Crippen LogP contribution in [-0.4, -0.2) is 15.6 Å². The third-order valence-corrected chi connectivity index (χ3v) is 5.79. The molecular weight excluding hydrogens is 431 g/mol. The van der Waals surface area contributed by atoms with Gasteiger partial charge >= 0.3 is 5.97 Å². The molecule has 1 aromatic heterocycles. The summed E-state index contributed by atoms with van der Waals surface area (Å²) in [7, 11) is 0. The monoisotopic (exact) mass is 450 g/mol. The Morgan fingerprint density at radius 2 is 1.52 bits per heavy atom. The maximum absolute atomic E-state index is 11.8. The van der Waals surface area contributed by atoms with Crippen LogP contribution < -0.4 is 5.32 Å². The zero-order chi connectivity index (χ0) is 21.8. The van der Waals surface area contributed by atoms with Crippen LogP contribution in [0.2, 0.25) is 10.0 Å². The Hall–Kier alpha value is -3.21. The van der Waals surface area contributed by atoms with Crippen LogP contribution in [0.3, 0.4) is 0 Å². The number of carboxylic acids is 1. The minimum Gasteiger partial charge on any atom is -0.478 e. The van der Waals surface area contributed by atoms with Crippen molar-refractivity contribution >= 4 is 40.5 Å². The fraction of sp³-hybridized carbons (Fsp3) is 0.0800. The molecular formula is C25H20Cl2N2O2. The van der Waals surface area contributed by atoms with Gasteiger partial charge in [-0.2, -0.15) is 0 Å². The van der Waals surface area contributed by atoms with Crippen LogP contribution >= 0.6 is 23.2 Å². The molecule has 0 spiro atoms. The van der Waals surface area contributed by atoms with Gasteiger partial charge < -0.3 is 15.0 Å². The van der Waals surface area contributed by atoms with Crippen LogP contribution in [0, 0.1) is 0 Å². The second kappa shape index (κ2) is 9.29. The van der Waals surface area contributed by atoms with E-state index in [-0.39, 0.29) is 5.56 Å². The van der Waals surface area contributed by atoms with Crippen molar-refractivity contribution < 1.29 is 9.90 Å². The van der Waals surface area contributed by atoms with E-state index in [4.69, 9.17) is 23.2 Å². The lowest BCUT2D eigenvalue weighted by Gasteiger charge is -2.13. The highest BCUT2D eigenvalue weighted by atomic mass is 35.5. The molecule has 0 saturated heterocycles. The number of anilines is 2. The van der Waals surface area contributed by atoms with Gasteiger partial charge in [0.2, 0.25) is 0 Å². The number of nitrogens with zero attached hydrogens (tertiary/aromatic N) is 1. The number of nitrogens with one attached hydrogen (secondary N) is 1. The Bertz CT molecular complexity index is 1200. The second-order valence-electron chi connectivity index (χ2n) is 7.20. The van der Waals surface area contributed by atoms with Crippen molar-refractivity contribution in [3.8, 4) is 5.69 Å². The largest absolute Gasteiger partial charge is 0.478 e. The third kappa shape index (κ3) is 5.10. The van der Waals surface area contributed by atoms with Gasteiger partial charge in [-0.3, -0.25) is 0 Å². The minimum absolute atomic E-state index is 0.217. The number of carbonyl (C=O) groups is 1. The quantitative estimate of drug-likeness (QED) is 0.318. The number of aryl methyl sites for hydroxylation is 2. The summed E-state index contributed by atoms with van der Waals surface area (Å²) >= 11 is 12.1. The van der Waals surface area contributed by atoms with Crippen molar-refractivity contribution in [1.82, 2.24) is 4.57 Å². The first-order valence-electron chi connectivity index (χ1n) is 9.80. The minimum atomic E-state index is -0.977. The molecule has 0 saturated carbocycles. The van der Waals surface area contributed by atoms with Crippen LogP contribution in [0.5, 0.6) is 0 Å². The average molecular weight is 451 g/mol. The molecule has 0 unspecified atom stereocenters. The van der Waals surface area contributed by atoms with Gasteiger partial charge in [0, 0.05) is 23.8 Å². The fourth-order valence-corrected chi connectivity index (χ4v) is 3.70. The van der Waals surface area contributed by atoms with E-state index in [2.05, 4.69) is 5.32 Å². The summed E-state index contributed by atoms with van der Waals surface area (Å²) in [5.41, 5.74) is 4.70. The standard InChI is InChI=1S/C25H20Cl2N2O2/c26-22-11-7-18(15-23(22)27)4-3-17-5-8-19(9-6-17)28-24-12-10-20(16-21(24)25(30)31)29-13-1-2-14-29/h1-2,5-16,28H,3-4H2,(H,30,31). The Kier molecular flexibility index (Phi) is 6.31. The van der Waals surface area contributed by atoms with E-state index in [0.717, 1.165) is 29.8 Å². The summed E-state index contributed by atoms with van der Waals surface area (Å²) in [6.07, 6.45) is 5.48. The molecule has 0 fully saturated rings. The summed E-state index contributed by atoms with van der Waals surface area (Å²) in [5, 5.41) is 14.0. The smallest absolute Gasteiger partial charge is 0.337 e. The lowest BCUT2D eigenvalue weighted by atomic mass is 10.0. The van der Waals surface area contributed by atoms with E-state index < -0.39 is 5.97 Å². The lowest BCUT2D eigenvalue weighted by Crippen LogP contribution is -2.04. The van der Waals surface area contributed by atoms with Gasteiger partial charge in [-0.25, -0.2) is 4.79 Å². The van der Waals surface area contributed by atoms with Gasteiger partial charge in [0.25, 0.3) is 0 Å². The lowest BCUT2D eigenvalue weighted by molar-refractivity contribution is 0.0698. The van der Waals surface area contributed by atoms with Gasteiger partial charge in [0.15, 0.2) is 0 Å². The number of rotatable bonds is 7. The summed E-state index contributed by atoms with van der Waals surface area (Å²) in [5.74, 6) is -0.977. The number of aromatic carboxylic acids is 1. The van der Waals surface area contributed by atoms with E-state index >= 15 is 0 Å². The van der Waals surface area contributed by atoms with Crippen molar-refractivity contribution in [3.05, 3.63) is 112 Å². The number of aromatic nitrogens is 1. The normalized spacial score (nSPS) is 10.8. The van der Waals surface area contributed by atoms with Gasteiger partial charge in [0.1, 0.15) is 0 Å². The van der Waals surface area contributed by atoms with E-state index in [0.29, 0.717) is 15.7 Å². The Morgan fingerprint density at radius 3 is 2.19 bits per heavy atom. The molecule has 3 aromatic carbocycles. The van der Waals surface area contributed by atoms with Crippen molar-refractivity contribution in [1.29, 1.82) is 0 Å². The highest BCUT2D eigenvalue weighted by Gasteiger charge is 2.12. The van der Waals surface area contributed by atoms with E-state index in [1.165, 1.54) is 5.56 Å². The van der Waals surface area contributed by atoms with Gasteiger partial charge in [0.05, 0.1) is 21.3 Å². The molecule has 0 amide bonds. The SMILES string of the molecule is O=C(O)c1cc(-n2cccc2)ccc1Nc1ccc(CCc2ccc(Cl)c(Cl)c2)cc1. The molecule has 2 N–H and O–H groups in total. The van der Waals surface area contributed by atoms with Crippen molar-refractivity contribution in [2.45, 2.75) is 12.8 Å². The molecule has 0 radical (unpaired) electrons. The van der Waals surface area contributed by atoms with Crippen LogP contribution in [0.15, 0.2) is 85.2 Å². The first kappa shape index (κ1) is 21.0. The van der Waals surface area contributed by atoms with E-state index in [1.807, 2.05) is 77.6 Å². The van der Waals surface area contributed by atoms with Crippen LogP contribution in [-0.2, 0) is 12.8 Å². The topological polar surface area (TPSA) is 54.3 Å². The predicted octanol–water partition coefficient (Wildman–Crippen LogP) is 7.01. The molecule has 0 aliphatic heterocycles. The molecule has 0 atom stereocenters. The van der Waals surface area contributed by atoms with Crippen LogP contribution in [0.25, 0.3) is 5.69 Å². The summed E-state index contributed by atoms with van der Waals surface area (Å²) in [6.45, 7) is 0. The number of hydrogen-bond donors (Lipinski definition) is 2. The van der Waals surface area contributed by atoms with E-state index in [9.17, 15) is 9.90 Å². The number of benzene rings is 3. The first-order chi connectivity index (χ1) is 15.0. The Balaban J connectivity index is 1.46. The van der Waals surface area contributed by atoms with Gasteiger partial charge in [-0.05, 0) is 78.6 Å². The second-order valence-corrected chi connectivity index (χ2v) is 8.01. The zero-order valence-corrected chi connectivity index (χ0v) is 18.1.